The van der Waals surface area contributed by atoms with Crippen LogP contribution in [0, 0.1) is 0 Å². The van der Waals surface area contributed by atoms with Gasteiger partial charge in [-0.25, -0.2) is 9.97 Å². The lowest BCUT2D eigenvalue weighted by Gasteiger charge is -2.08. The number of H-pyrrole nitrogens is 1. The van der Waals surface area contributed by atoms with Crippen LogP contribution in [0.2, 0.25) is 0 Å². The lowest BCUT2D eigenvalue weighted by Crippen LogP contribution is -2.23. The summed E-state index contributed by atoms with van der Waals surface area (Å²) in [5.74, 6) is -0.300. The first-order valence-electron chi connectivity index (χ1n) is 6.69. The zero-order valence-corrected chi connectivity index (χ0v) is 12.4. The van der Waals surface area contributed by atoms with E-state index in [9.17, 15) is 9.90 Å². The maximum Gasteiger partial charge on any atom is 0.293 e. The average Bonchev–Trinajstić information content (AvgIpc) is 2.57. The molecule has 0 saturated carbocycles. The molecule has 0 spiro atoms. The van der Waals surface area contributed by atoms with Crippen LogP contribution in [0.1, 0.15) is 10.5 Å². The number of carbonyl (C=O) groups is 1. The number of hydrogen-bond acceptors (Lipinski definition) is 6. The Labute approximate surface area is 132 Å². The molecule has 2 heterocycles. The highest BCUT2D eigenvalue weighted by Crippen LogP contribution is 2.24. The van der Waals surface area contributed by atoms with Gasteiger partial charge in [0.1, 0.15) is 11.4 Å². The minimum atomic E-state index is -1.31. The van der Waals surface area contributed by atoms with Gasteiger partial charge in [0.15, 0.2) is 0 Å². The van der Waals surface area contributed by atoms with Gasteiger partial charge in [0.25, 0.3) is 5.82 Å². The van der Waals surface area contributed by atoms with Crippen LogP contribution in [0.15, 0.2) is 48.7 Å². The van der Waals surface area contributed by atoms with E-state index in [2.05, 4.69) is 9.97 Å². The van der Waals surface area contributed by atoms with E-state index in [1.165, 1.54) is 13.2 Å². The fourth-order valence-electron chi connectivity index (χ4n) is 1.88. The van der Waals surface area contributed by atoms with Crippen molar-refractivity contribution in [3.8, 4) is 5.75 Å². The van der Waals surface area contributed by atoms with Gasteiger partial charge in [0.05, 0.1) is 30.5 Å². The van der Waals surface area contributed by atoms with Crippen LogP contribution in [0.3, 0.4) is 0 Å². The van der Waals surface area contributed by atoms with E-state index < -0.39 is 5.97 Å². The quantitative estimate of drug-likeness (QED) is 0.699. The molecule has 0 radical (unpaired) electrons. The number of carbonyl (C=O) groups excluding carboxylic acids is 1. The zero-order valence-electron chi connectivity index (χ0n) is 12.4. The Morgan fingerprint density at radius 2 is 1.96 bits per heavy atom. The number of aromatic carboxylic acids is 1. The molecule has 0 aliphatic heterocycles. The summed E-state index contributed by atoms with van der Waals surface area (Å²) >= 11 is 0. The lowest BCUT2D eigenvalue weighted by molar-refractivity contribution is -0.359. The molecule has 1 aromatic carbocycles. The SMILES string of the molecule is COc1cc(C(=O)[O-])nc2ccccc12.Nc1ccc[nH+]c1N. The maximum atomic E-state index is 10.7. The number of aromatic nitrogens is 2. The van der Waals surface area contributed by atoms with Crippen molar-refractivity contribution in [2.75, 3.05) is 18.6 Å². The van der Waals surface area contributed by atoms with Gasteiger partial charge in [0.2, 0.25) is 0 Å². The third-order valence-corrected chi connectivity index (χ3v) is 3.03. The van der Waals surface area contributed by atoms with Gasteiger partial charge in [-0.1, -0.05) is 12.1 Å². The number of anilines is 2. The number of pyridine rings is 2. The molecule has 118 valence electrons. The van der Waals surface area contributed by atoms with Gasteiger partial charge in [-0.3, -0.25) is 5.73 Å². The molecule has 0 saturated heterocycles. The summed E-state index contributed by atoms with van der Waals surface area (Å²) in [4.78, 5) is 17.4. The predicted molar refractivity (Wildman–Crippen MR) is 84.4 cm³/mol. The molecule has 0 atom stereocenters. The number of nitrogens with two attached hydrogens (primary N) is 2. The van der Waals surface area contributed by atoms with Crippen molar-refractivity contribution < 1.29 is 19.6 Å². The highest BCUT2D eigenvalue weighted by atomic mass is 16.5. The second kappa shape index (κ2) is 7.08. The molecule has 0 aliphatic carbocycles. The van der Waals surface area contributed by atoms with Crippen LogP contribution in [-0.4, -0.2) is 18.1 Å². The number of para-hydroxylation sites is 1. The third kappa shape index (κ3) is 3.85. The first kappa shape index (κ1) is 16.0. The second-order valence-corrected chi connectivity index (χ2v) is 4.55. The molecular formula is C16H16N4O3. The van der Waals surface area contributed by atoms with Gasteiger partial charge in [-0.05, 0) is 24.3 Å². The Balaban J connectivity index is 0.000000203. The Hall–Kier alpha value is -3.35. The normalized spacial score (nSPS) is 9.78. The molecule has 0 fully saturated rings. The smallest absolute Gasteiger partial charge is 0.293 e. The Morgan fingerprint density at radius 3 is 2.52 bits per heavy atom. The monoisotopic (exact) mass is 312 g/mol. The van der Waals surface area contributed by atoms with E-state index in [1.54, 1.807) is 30.5 Å². The number of carboxylic acid groups (broad SMARTS) is 1. The largest absolute Gasteiger partial charge is 0.543 e. The van der Waals surface area contributed by atoms with E-state index in [0.717, 1.165) is 5.39 Å². The Kier molecular flexibility index (Phi) is 4.93. The molecule has 3 aromatic rings. The molecular weight excluding hydrogens is 296 g/mol. The van der Waals surface area contributed by atoms with Crippen molar-refractivity contribution >= 4 is 28.4 Å². The van der Waals surface area contributed by atoms with E-state index in [0.29, 0.717) is 22.8 Å². The fraction of sp³-hybridized carbons (Fsp3) is 0.0625. The van der Waals surface area contributed by atoms with E-state index in [1.807, 2.05) is 12.1 Å². The molecule has 5 N–H and O–H groups in total. The van der Waals surface area contributed by atoms with Crippen molar-refractivity contribution in [1.82, 2.24) is 4.98 Å². The summed E-state index contributed by atoms with van der Waals surface area (Å²) in [7, 11) is 1.49. The van der Waals surface area contributed by atoms with E-state index >= 15 is 0 Å². The van der Waals surface area contributed by atoms with Gasteiger partial charge in [-0.2, -0.15) is 0 Å². The number of nitrogens with zero attached hydrogens (tertiary/aromatic N) is 1. The van der Waals surface area contributed by atoms with Crippen molar-refractivity contribution in [3.63, 3.8) is 0 Å². The first-order valence-corrected chi connectivity index (χ1v) is 6.69. The van der Waals surface area contributed by atoms with Gasteiger partial charge in [0, 0.05) is 11.5 Å². The lowest BCUT2D eigenvalue weighted by atomic mass is 10.2. The molecule has 0 bridgehead atoms. The number of nitrogens with one attached hydrogen (secondary N) is 1. The molecule has 7 heteroatoms. The van der Waals surface area contributed by atoms with Crippen LogP contribution in [-0.2, 0) is 0 Å². The number of carboxylic acids is 1. The summed E-state index contributed by atoms with van der Waals surface area (Å²) < 4.78 is 5.09. The predicted octanol–water partition coefficient (Wildman–Crippen LogP) is 0.272. The second-order valence-electron chi connectivity index (χ2n) is 4.55. The van der Waals surface area contributed by atoms with Crippen molar-refractivity contribution in [1.29, 1.82) is 0 Å². The van der Waals surface area contributed by atoms with Crippen LogP contribution in [0.5, 0.6) is 5.75 Å². The summed E-state index contributed by atoms with van der Waals surface area (Å²) in [6, 6.07) is 12.1. The van der Waals surface area contributed by atoms with E-state index in [-0.39, 0.29) is 5.69 Å². The van der Waals surface area contributed by atoms with Crippen molar-refractivity contribution in [2.45, 2.75) is 0 Å². The fourth-order valence-corrected chi connectivity index (χ4v) is 1.88. The van der Waals surface area contributed by atoms with Gasteiger partial charge in [-0.15, -0.1) is 0 Å². The van der Waals surface area contributed by atoms with Crippen LogP contribution >= 0.6 is 0 Å². The minimum absolute atomic E-state index is 0.120. The van der Waals surface area contributed by atoms with Crippen LogP contribution in [0.25, 0.3) is 10.9 Å². The highest BCUT2D eigenvalue weighted by Gasteiger charge is 2.05. The number of aromatic amines is 1. The summed E-state index contributed by atoms with van der Waals surface area (Å²) in [6.07, 6.45) is 1.73. The topological polar surface area (TPSA) is 128 Å². The molecule has 7 nitrogen and oxygen atoms in total. The number of nitrogen functional groups attached to an aromatic ring is 2. The Bertz CT molecular complexity index is 815. The van der Waals surface area contributed by atoms with Crippen molar-refractivity contribution in [3.05, 3.63) is 54.4 Å². The molecule has 23 heavy (non-hydrogen) atoms. The number of fused-ring (bicyclic) bond motifs is 1. The van der Waals surface area contributed by atoms with E-state index in [4.69, 9.17) is 16.2 Å². The first-order chi connectivity index (χ1) is 11.0. The number of methoxy groups -OCH3 is 1. The van der Waals surface area contributed by atoms with Crippen molar-refractivity contribution in [2.24, 2.45) is 0 Å². The number of hydrogen-bond donors (Lipinski definition) is 2. The number of benzene rings is 1. The van der Waals surface area contributed by atoms with Gasteiger partial charge < -0.3 is 20.4 Å². The summed E-state index contributed by atoms with van der Waals surface area (Å²) in [5.41, 5.74) is 11.8. The summed E-state index contributed by atoms with van der Waals surface area (Å²) in [6.45, 7) is 0. The number of rotatable bonds is 2. The highest BCUT2D eigenvalue weighted by molar-refractivity contribution is 5.92. The molecule has 0 amide bonds. The summed E-state index contributed by atoms with van der Waals surface area (Å²) in [5, 5.41) is 11.5. The maximum absolute atomic E-state index is 10.7. The zero-order chi connectivity index (χ0) is 16.8. The number of ether oxygens (including phenoxy) is 1. The Morgan fingerprint density at radius 1 is 1.22 bits per heavy atom. The minimum Gasteiger partial charge on any atom is -0.543 e. The van der Waals surface area contributed by atoms with Crippen LogP contribution in [0.4, 0.5) is 11.5 Å². The standard InChI is InChI=1S/C11H9NO3.C5H7N3/c1-15-10-6-9(11(13)14)12-8-5-3-2-4-7(8)10;6-4-2-1-3-8-5(4)7/h2-6H,1H3,(H,13,14);1-3H,6H2,(H2,7,8). The molecule has 0 aliphatic rings. The van der Waals surface area contributed by atoms with Gasteiger partial charge >= 0.3 is 0 Å². The van der Waals surface area contributed by atoms with Crippen LogP contribution < -0.4 is 26.3 Å². The molecule has 3 rings (SSSR count). The molecule has 0 unspecified atom stereocenters. The third-order valence-electron chi connectivity index (χ3n) is 3.03. The average molecular weight is 312 g/mol. The molecule has 2 aromatic heterocycles.